The first-order chi connectivity index (χ1) is 14.0. The van der Waals surface area contributed by atoms with Crippen LogP contribution in [0.4, 0.5) is 0 Å². The average Bonchev–Trinajstić information content (AvgIpc) is 2.96. The Kier molecular flexibility index (Phi) is 7.45. The number of likely N-dealkylation sites (tertiary alicyclic amines) is 1. The number of amides is 1. The van der Waals surface area contributed by atoms with Crippen molar-refractivity contribution in [2.75, 3.05) is 26.8 Å². The average molecular weight is 399 g/mol. The highest BCUT2D eigenvalue weighted by molar-refractivity contribution is 5.79. The third-order valence-corrected chi connectivity index (χ3v) is 6.13. The summed E-state index contributed by atoms with van der Waals surface area (Å²) in [5, 5.41) is 7.64. The molecule has 6 nitrogen and oxygen atoms in total. The van der Waals surface area contributed by atoms with Gasteiger partial charge in [-0.2, -0.15) is 5.10 Å². The maximum atomic E-state index is 13.0. The zero-order chi connectivity index (χ0) is 20.8. The van der Waals surface area contributed by atoms with Crippen molar-refractivity contribution in [2.24, 2.45) is 13.0 Å². The summed E-state index contributed by atoms with van der Waals surface area (Å²) in [5.41, 5.74) is 4.72. The number of benzene rings is 1. The number of piperidine rings is 1. The minimum atomic E-state index is -0.0384. The first kappa shape index (κ1) is 21.5. The Morgan fingerprint density at radius 2 is 2.03 bits per heavy atom. The number of hydrogen-bond acceptors (Lipinski definition) is 4. The molecule has 2 aromatic rings. The Balaban J connectivity index is 1.61. The third kappa shape index (κ3) is 5.25. The lowest BCUT2D eigenvalue weighted by atomic mass is 9.88. The summed E-state index contributed by atoms with van der Waals surface area (Å²) >= 11 is 0. The van der Waals surface area contributed by atoms with E-state index in [0.717, 1.165) is 38.0 Å². The predicted molar refractivity (Wildman–Crippen MR) is 115 cm³/mol. The first-order valence-corrected chi connectivity index (χ1v) is 10.5. The number of carbonyl (C=O) groups excluding carboxylic acids is 1. The van der Waals surface area contributed by atoms with Gasteiger partial charge in [0.2, 0.25) is 5.91 Å². The Morgan fingerprint density at radius 3 is 2.69 bits per heavy atom. The molecule has 1 saturated heterocycles. The number of carbonyl (C=O) groups is 1. The molecule has 29 heavy (non-hydrogen) atoms. The van der Waals surface area contributed by atoms with Crippen molar-refractivity contribution in [1.82, 2.24) is 20.0 Å². The van der Waals surface area contributed by atoms with E-state index in [1.54, 1.807) is 7.11 Å². The van der Waals surface area contributed by atoms with E-state index < -0.39 is 0 Å². The second-order valence-electron chi connectivity index (χ2n) is 8.04. The third-order valence-electron chi connectivity index (χ3n) is 6.13. The van der Waals surface area contributed by atoms with Gasteiger partial charge in [0, 0.05) is 39.0 Å². The Labute approximate surface area is 174 Å². The first-order valence-electron chi connectivity index (χ1n) is 10.5. The summed E-state index contributed by atoms with van der Waals surface area (Å²) in [4.78, 5) is 15.4. The fourth-order valence-corrected chi connectivity index (χ4v) is 4.46. The Bertz CT molecular complexity index is 803. The fraction of sp³-hybridized carbons (Fsp3) is 0.565. The van der Waals surface area contributed by atoms with Crippen LogP contribution in [-0.4, -0.2) is 53.4 Å². The number of ether oxygens (including phenoxy) is 1. The Hall–Kier alpha value is -2.18. The highest BCUT2D eigenvalue weighted by Crippen LogP contribution is 2.26. The topological polar surface area (TPSA) is 59.4 Å². The molecule has 6 heteroatoms. The molecule has 0 unspecified atom stereocenters. The van der Waals surface area contributed by atoms with Crippen LogP contribution in [0.25, 0.3) is 0 Å². The van der Waals surface area contributed by atoms with Crippen molar-refractivity contribution in [3.8, 4) is 0 Å². The van der Waals surface area contributed by atoms with E-state index in [9.17, 15) is 4.79 Å². The van der Waals surface area contributed by atoms with Gasteiger partial charge in [-0.25, -0.2) is 0 Å². The van der Waals surface area contributed by atoms with Crippen molar-refractivity contribution in [2.45, 2.75) is 45.7 Å². The van der Waals surface area contributed by atoms with Gasteiger partial charge in [0.1, 0.15) is 0 Å². The van der Waals surface area contributed by atoms with E-state index in [2.05, 4.69) is 46.5 Å². The summed E-state index contributed by atoms with van der Waals surface area (Å²) in [7, 11) is 3.68. The molecular formula is C23H34N4O2. The molecule has 3 rings (SSSR count). The van der Waals surface area contributed by atoms with E-state index in [-0.39, 0.29) is 17.9 Å². The molecule has 2 heterocycles. The molecule has 0 saturated carbocycles. The molecule has 1 N–H and O–H groups in total. The van der Waals surface area contributed by atoms with Crippen LogP contribution >= 0.6 is 0 Å². The number of nitrogens with one attached hydrogen (secondary N) is 1. The molecule has 0 aliphatic carbocycles. The van der Waals surface area contributed by atoms with Crippen LogP contribution in [0.2, 0.25) is 0 Å². The molecule has 1 aromatic carbocycles. The van der Waals surface area contributed by atoms with Crippen LogP contribution in [0, 0.1) is 19.8 Å². The second kappa shape index (κ2) is 10.0. The number of rotatable bonds is 8. The van der Waals surface area contributed by atoms with Gasteiger partial charge in [-0.3, -0.25) is 14.4 Å². The van der Waals surface area contributed by atoms with Crippen molar-refractivity contribution in [3.05, 3.63) is 52.8 Å². The SMILES string of the molecule is COC[C@@H]1[C@H](C(=O)NCCc2c(C)nn(C)c2C)CCCN1Cc1ccccc1. The predicted octanol–water partition coefficient (Wildman–Crippen LogP) is 2.62. The molecule has 158 valence electrons. The molecule has 1 fully saturated rings. The Morgan fingerprint density at radius 1 is 1.28 bits per heavy atom. The van der Waals surface area contributed by atoms with Gasteiger partial charge in [-0.15, -0.1) is 0 Å². The van der Waals surface area contributed by atoms with E-state index in [1.165, 1.54) is 16.8 Å². The number of hydrogen-bond donors (Lipinski definition) is 1. The van der Waals surface area contributed by atoms with Crippen LogP contribution in [0.1, 0.15) is 35.4 Å². The normalized spacial score (nSPS) is 20.0. The van der Waals surface area contributed by atoms with E-state index in [0.29, 0.717) is 13.2 Å². The molecule has 2 atom stereocenters. The monoisotopic (exact) mass is 398 g/mol. The van der Waals surface area contributed by atoms with Crippen molar-refractivity contribution in [1.29, 1.82) is 0 Å². The zero-order valence-electron chi connectivity index (χ0n) is 18.1. The maximum absolute atomic E-state index is 13.0. The summed E-state index contributed by atoms with van der Waals surface area (Å²) < 4.78 is 7.41. The molecule has 1 amide bonds. The lowest BCUT2D eigenvalue weighted by molar-refractivity contribution is -0.130. The summed E-state index contributed by atoms with van der Waals surface area (Å²) in [6.07, 6.45) is 2.76. The van der Waals surface area contributed by atoms with Crippen LogP contribution in [0.5, 0.6) is 0 Å². The van der Waals surface area contributed by atoms with Gasteiger partial charge in [-0.05, 0) is 50.8 Å². The molecule has 1 aromatic heterocycles. The number of aryl methyl sites for hydroxylation is 2. The standard InChI is InChI=1S/C23H34N4O2/c1-17-20(18(2)26(3)25-17)12-13-24-23(28)21-11-8-14-27(22(21)16-29-4)15-19-9-6-5-7-10-19/h5-7,9-10,21-22H,8,11-16H2,1-4H3,(H,24,28)/t21-,22-/m1/s1. The summed E-state index contributed by atoms with van der Waals surface area (Å²) in [5.74, 6) is 0.104. The fourth-order valence-electron chi connectivity index (χ4n) is 4.46. The van der Waals surface area contributed by atoms with Crippen LogP contribution in [0.15, 0.2) is 30.3 Å². The lowest BCUT2D eigenvalue weighted by Crippen LogP contribution is -2.52. The molecule has 1 aliphatic rings. The molecular weight excluding hydrogens is 364 g/mol. The van der Waals surface area contributed by atoms with Gasteiger partial charge in [-0.1, -0.05) is 30.3 Å². The van der Waals surface area contributed by atoms with Gasteiger partial charge in [0.05, 0.1) is 18.2 Å². The van der Waals surface area contributed by atoms with Gasteiger partial charge in [0.25, 0.3) is 0 Å². The van der Waals surface area contributed by atoms with Crippen LogP contribution in [-0.2, 0) is 29.5 Å². The minimum absolute atomic E-state index is 0.0384. The molecule has 0 radical (unpaired) electrons. The summed E-state index contributed by atoms with van der Waals surface area (Å²) in [6.45, 7) is 7.18. The van der Waals surface area contributed by atoms with Crippen molar-refractivity contribution < 1.29 is 9.53 Å². The number of methoxy groups -OCH3 is 1. The number of aromatic nitrogens is 2. The van der Waals surface area contributed by atoms with Crippen LogP contribution < -0.4 is 5.32 Å². The molecule has 1 aliphatic heterocycles. The van der Waals surface area contributed by atoms with Crippen LogP contribution in [0.3, 0.4) is 0 Å². The zero-order valence-corrected chi connectivity index (χ0v) is 18.1. The van der Waals surface area contributed by atoms with Crippen molar-refractivity contribution in [3.63, 3.8) is 0 Å². The van der Waals surface area contributed by atoms with E-state index in [4.69, 9.17) is 4.74 Å². The highest BCUT2D eigenvalue weighted by Gasteiger charge is 2.35. The smallest absolute Gasteiger partial charge is 0.224 e. The van der Waals surface area contributed by atoms with Gasteiger partial charge >= 0.3 is 0 Å². The number of nitrogens with zero attached hydrogens (tertiary/aromatic N) is 3. The second-order valence-corrected chi connectivity index (χ2v) is 8.04. The van der Waals surface area contributed by atoms with Crippen molar-refractivity contribution >= 4 is 5.91 Å². The van der Waals surface area contributed by atoms with E-state index in [1.807, 2.05) is 24.7 Å². The van der Waals surface area contributed by atoms with E-state index >= 15 is 0 Å². The summed E-state index contributed by atoms with van der Waals surface area (Å²) in [6, 6.07) is 10.6. The van der Waals surface area contributed by atoms with Gasteiger partial charge in [0.15, 0.2) is 0 Å². The largest absolute Gasteiger partial charge is 0.383 e. The lowest BCUT2D eigenvalue weighted by Gasteiger charge is -2.40. The maximum Gasteiger partial charge on any atom is 0.224 e. The quantitative estimate of drug-likeness (QED) is 0.743. The highest BCUT2D eigenvalue weighted by atomic mass is 16.5. The van der Waals surface area contributed by atoms with Gasteiger partial charge < -0.3 is 10.1 Å². The molecule has 0 bridgehead atoms. The molecule has 0 spiro atoms. The minimum Gasteiger partial charge on any atom is -0.383 e.